The summed E-state index contributed by atoms with van der Waals surface area (Å²) in [5, 5.41) is 10.1. The third-order valence-electron chi connectivity index (χ3n) is 2.38. The maximum Gasteiger partial charge on any atom is 0.265 e. The molecule has 0 saturated carbocycles. The second-order valence-corrected chi connectivity index (χ2v) is 5.14. The zero-order valence-electron chi connectivity index (χ0n) is 8.80. The van der Waals surface area contributed by atoms with Gasteiger partial charge in [-0.3, -0.25) is 4.79 Å². The van der Waals surface area contributed by atoms with Crippen LogP contribution in [0.5, 0.6) is 0 Å². The molecule has 0 aliphatic carbocycles. The van der Waals surface area contributed by atoms with Crippen molar-refractivity contribution in [1.29, 1.82) is 0 Å². The predicted octanol–water partition coefficient (Wildman–Crippen LogP) is 1.08. The maximum absolute atomic E-state index is 11.8. The second kappa shape index (κ2) is 3.90. The molecule has 0 atom stereocenters. The Kier molecular flexibility index (Phi) is 2.75. The lowest BCUT2D eigenvalue weighted by Gasteiger charge is -2.35. The van der Waals surface area contributed by atoms with Crippen LogP contribution in [0, 0.1) is 0 Å². The van der Waals surface area contributed by atoms with Crippen molar-refractivity contribution >= 4 is 17.2 Å². The molecular weight excluding hydrogens is 212 g/mol. The van der Waals surface area contributed by atoms with Gasteiger partial charge < -0.3 is 10.0 Å². The Morgan fingerprint density at radius 3 is 2.80 bits per heavy atom. The first-order chi connectivity index (χ1) is 7.08. The Morgan fingerprint density at radius 1 is 1.67 bits per heavy atom. The van der Waals surface area contributed by atoms with E-state index in [0.29, 0.717) is 23.9 Å². The number of aliphatic hydroxyl groups excluding tert-OH is 1. The summed E-state index contributed by atoms with van der Waals surface area (Å²) in [7, 11) is 0. The molecule has 0 spiro atoms. The molecule has 1 aliphatic rings. The number of amides is 1. The summed E-state index contributed by atoms with van der Waals surface area (Å²) >= 11 is 1.44. The lowest BCUT2D eigenvalue weighted by Crippen LogP contribution is -2.53. The normalized spacial score (nSPS) is 16.9. The van der Waals surface area contributed by atoms with Gasteiger partial charge in [0.05, 0.1) is 17.3 Å². The molecule has 82 valence electrons. The predicted molar refractivity (Wildman–Crippen MR) is 58.1 cm³/mol. The van der Waals surface area contributed by atoms with Gasteiger partial charge in [-0.05, 0) is 0 Å². The van der Waals surface area contributed by atoms with Crippen LogP contribution in [-0.2, 0) is 0 Å². The van der Waals surface area contributed by atoms with Crippen LogP contribution in [0.15, 0.2) is 6.20 Å². The number of carbonyl (C=O) groups is 1. The first-order valence-corrected chi connectivity index (χ1v) is 5.82. The molecule has 0 aromatic carbocycles. The van der Waals surface area contributed by atoms with Crippen LogP contribution in [-0.4, -0.2) is 40.1 Å². The van der Waals surface area contributed by atoms with Crippen molar-refractivity contribution < 1.29 is 9.90 Å². The summed E-state index contributed by atoms with van der Waals surface area (Å²) < 4.78 is 0. The lowest BCUT2D eigenvalue weighted by atomic mass is 10.1. The smallest absolute Gasteiger partial charge is 0.265 e. The number of likely N-dealkylation sites (tertiary alicyclic amines) is 1. The quantitative estimate of drug-likeness (QED) is 0.821. The Bertz CT molecular complexity index is 369. The van der Waals surface area contributed by atoms with Crippen molar-refractivity contribution in [2.45, 2.75) is 25.9 Å². The first kappa shape index (κ1) is 10.6. The zero-order valence-corrected chi connectivity index (χ0v) is 9.62. The SMILES string of the molecule is CC(C)c1ncc(C(=O)N2CC(O)C2)s1. The first-order valence-electron chi connectivity index (χ1n) is 5.01. The van der Waals surface area contributed by atoms with E-state index < -0.39 is 0 Å². The monoisotopic (exact) mass is 226 g/mol. The Labute approximate surface area is 92.6 Å². The topological polar surface area (TPSA) is 53.4 Å². The van der Waals surface area contributed by atoms with Crippen molar-refractivity contribution in [3.05, 3.63) is 16.1 Å². The number of rotatable bonds is 2. The van der Waals surface area contributed by atoms with Crippen molar-refractivity contribution in [1.82, 2.24) is 9.88 Å². The molecule has 1 amide bonds. The molecule has 2 rings (SSSR count). The molecule has 1 aliphatic heterocycles. The molecule has 0 unspecified atom stereocenters. The summed E-state index contributed by atoms with van der Waals surface area (Å²) in [5.41, 5.74) is 0. The van der Waals surface area contributed by atoms with E-state index in [4.69, 9.17) is 5.11 Å². The highest BCUT2D eigenvalue weighted by atomic mass is 32.1. The van der Waals surface area contributed by atoms with Crippen molar-refractivity contribution in [3.8, 4) is 0 Å². The van der Waals surface area contributed by atoms with E-state index in [1.54, 1.807) is 11.1 Å². The molecule has 1 aromatic rings. The van der Waals surface area contributed by atoms with Crippen molar-refractivity contribution in [2.24, 2.45) is 0 Å². The molecule has 5 heteroatoms. The van der Waals surface area contributed by atoms with Crippen LogP contribution in [0.3, 0.4) is 0 Å². The molecule has 0 radical (unpaired) electrons. The molecule has 4 nitrogen and oxygen atoms in total. The number of nitrogens with zero attached hydrogens (tertiary/aromatic N) is 2. The summed E-state index contributed by atoms with van der Waals surface area (Å²) in [6.45, 7) is 5.02. The number of aromatic nitrogens is 1. The Morgan fingerprint density at radius 2 is 2.33 bits per heavy atom. The highest BCUT2D eigenvalue weighted by Gasteiger charge is 2.30. The Hall–Kier alpha value is -0.940. The van der Waals surface area contributed by atoms with Gasteiger partial charge in [-0.2, -0.15) is 0 Å². The van der Waals surface area contributed by atoms with Gasteiger partial charge in [0.1, 0.15) is 4.88 Å². The fourth-order valence-corrected chi connectivity index (χ4v) is 2.32. The van der Waals surface area contributed by atoms with E-state index in [1.165, 1.54) is 11.3 Å². The third-order valence-corrected chi connectivity index (χ3v) is 3.66. The molecule has 2 heterocycles. The fraction of sp³-hybridized carbons (Fsp3) is 0.600. The van der Waals surface area contributed by atoms with Crippen LogP contribution < -0.4 is 0 Å². The number of aliphatic hydroxyl groups is 1. The van der Waals surface area contributed by atoms with E-state index in [-0.39, 0.29) is 12.0 Å². The highest BCUT2D eigenvalue weighted by molar-refractivity contribution is 7.13. The van der Waals surface area contributed by atoms with Crippen molar-refractivity contribution in [3.63, 3.8) is 0 Å². The summed E-state index contributed by atoms with van der Waals surface area (Å²) in [6.07, 6.45) is 1.29. The zero-order chi connectivity index (χ0) is 11.0. The molecule has 15 heavy (non-hydrogen) atoms. The maximum atomic E-state index is 11.8. The minimum atomic E-state index is -0.341. The largest absolute Gasteiger partial charge is 0.389 e. The number of carbonyl (C=O) groups excluding carboxylic acids is 1. The van der Waals surface area contributed by atoms with Gasteiger partial charge in [-0.25, -0.2) is 4.98 Å². The van der Waals surface area contributed by atoms with E-state index in [0.717, 1.165) is 5.01 Å². The van der Waals surface area contributed by atoms with Gasteiger partial charge in [0, 0.05) is 19.0 Å². The number of hydrogen-bond acceptors (Lipinski definition) is 4. The van der Waals surface area contributed by atoms with Crippen LogP contribution in [0.4, 0.5) is 0 Å². The minimum Gasteiger partial charge on any atom is -0.389 e. The molecule has 0 bridgehead atoms. The van der Waals surface area contributed by atoms with Crippen LogP contribution in [0.25, 0.3) is 0 Å². The van der Waals surface area contributed by atoms with E-state index >= 15 is 0 Å². The Balaban J connectivity index is 2.06. The minimum absolute atomic E-state index is 0.00954. The molecule has 1 N–H and O–H groups in total. The fourth-order valence-electron chi connectivity index (χ4n) is 1.43. The summed E-state index contributed by atoms with van der Waals surface area (Å²) in [6, 6.07) is 0. The standard InChI is InChI=1S/C10H14N2O2S/c1-6(2)9-11-3-8(15-9)10(14)12-4-7(13)5-12/h3,6-7,13H,4-5H2,1-2H3. The number of β-amino-alcohol motifs (C(OH)–C–C–N with tert-alkyl or cyclic N) is 1. The number of hydrogen-bond donors (Lipinski definition) is 1. The average Bonchev–Trinajstić information content (AvgIpc) is 2.60. The molecule has 1 saturated heterocycles. The van der Waals surface area contributed by atoms with Crippen LogP contribution in [0.2, 0.25) is 0 Å². The van der Waals surface area contributed by atoms with Gasteiger partial charge in [0.15, 0.2) is 0 Å². The van der Waals surface area contributed by atoms with Crippen molar-refractivity contribution in [2.75, 3.05) is 13.1 Å². The molecule has 1 aromatic heterocycles. The molecule has 1 fully saturated rings. The second-order valence-electron chi connectivity index (χ2n) is 4.08. The van der Waals surface area contributed by atoms with Gasteiger partial charge in [-0.15, -0.1) is 11.3 Å². The van der Waals surface area contributed by atoms with Gasteiger partial charge in [0.25, 0.3) is 5.91 Å². The van der Waals surface area contributed by atoms with Crippen LogP contribution in [0.1, 0.15) is 34.4 Å². The average molecular weight is 226 g/mol. The summed E-state index contributed by atoms with van der Waals surface area (Å²) in [5.74, 6) is 0.350. The van der Waals surface area contributed by atoms with E-state index in [1.807, 2.05) is 0 Å². The van der Waals surface area contributed by atoms with Gasteiger partial charge in [0.2, 0.25) is 0 Å². The number of thiazole rings is 1. The highest BCUT2D eigenvalue weighted by Crippen LogP contribution is 2.23. The third kappa shape index (κ3) is 2.03. The van der Waals surface area contributed by atoms with E-state index in [2.05, 4.69) is 18.8 Å². The van der Waals surface area contributed by atoms with Gasteiger partial charge >= 0.3 is 0 Å². The summed E-state index contributed by atoms with van der Waals surface area (Å²) in [4.78, 5) is 18.3. The van der Waals surface area contributed by atoms with E-state index in [9.17, 15) is 4.79 Å². The lowest BCUT2D eigenvalue weighted by molar-refractivity contribution is 0.00621. The molecular formula is C10H14N2O2S. The van der Waals surface area contributed by atoms with Crippen LogP contribution >= 0.6 is 11.3 Å². The van der Waals surface area contributed by atoms with Gasteiger partial charge in [-0.1, -0.05) is 13.8 Å².